The number of rotatable bonds is 1. The van der Waals surface area contributed by atoms with Crippen molar-refractivity contribution in [1.29, 1.82) is 0 Å². The molecule has 1 amide bonds. The number of hydrogen-bond acceptors (Lipinski definition) is 4. The molecule has 0 fully saturated rings. The fraction of sp³-hybridized carbons (Fsp3) is 0.333. The van der Waals surface area contributed by atoms with E-state index in [1.54, 1.807) is 11.8 Å². The van der Waals surface area contributed by atoms with Crippen LogP contribution in [0.5, 0.6) is 0 Å². The van der Waals surface area contributed by atoms with Crippen molar-refractivity contribution in [2.75, 3.05) is 17.6 Å². The van der Waals surface area contributed by atoms with Gasteiger partial charge in [-0.3, -0.25) is 4.79 Å². The lowest BCUT2D eigenvalue weighted by Gasteiger charge is -2.18. The smallest absolute Gasteiger partial charge is 0.234 e. The molecule has 0 radical (unpaired) electrons. The highest BCUT2D eigenvalue weighted by Gasteiger charge is 2.17. The Kier molecular flexibility index (Phi) is 2.76. The van der Waals surface area contributed by atoms with Crippen molar-refractivity contribution in [2.24, 2.45) is 5.10 Å². The molecule has 0 spiro atoms. The molecule has 17 heavy (non-hydrogen) atoms. The van der Waals surface area contributed by atoms with E-state index >= 15 is 0 Å². The molecule has 88 valence electrons. The van der Waals surface area contributed by atoms with Gasteiger partial charge in [-0.25, -0.2) is 0 Å². The van der Waals surface area contributed by atoms with Gasteiger partial charge in [-0.15, -0.1) is 11.8 Å². The Hall–Kier alpha value is -1.49. The summed E-state index contributed by atoms with van der Waals surface area (Å²) in [7, 11) is 0. The zero-order valence-corrected chi connectivity index (χ0v) is 10.1. The highest BCUT2D eigenvalue weighted by Crippen LogP contribution is 2.32. The summed E-state index contributed by atoms with van der Waals surface area (Å²) in [6.45, 7) is 0.945. The summed E-state index contributed by atoms with van der Waals surface area (Å²) in [6, 6.07) is 6.16. The van der Waals surface area contributed by atoms with Gasteiger partial charge in [-0.1, -0.05) is 6.07 Å². The normalized spacial score (nSPS) is 18.8. The van der Waals surface area contributed by atoms with Crippen LogP contribution in [0.15, 0.2) is 28.2 Å². The second-order valence-electron chi connectivity index (χ2n) is 4.12. The zero-order chi connectivity index (χ0) is 11.7. The van der Waals surface area contributed by atoms with E-state index in [0.29, 0.717) is 5.75 Å². The third-order valence-electron chi connectivity index (χ3n) is 2.86. The molecule has 1 aromatic carbocycles. The number of amides is 1. The van der Waals surface area contributed by atoms with Crippen LogP contribution >= 0.6 is 11.8 Å². The second kappa shape index (κ2) is 4.41. The minimum absolute atomic E-state index is 0.0726. The summed E-state index contributed by atoms with van der Waals surface area (Å²) in [5.41, 5.74) is 6.10. The van der Waals surface area contributed by atoms with E-state index in [0.717, 1.165) is 41.2 Å². The maximum absolute atomic E-state index is 11.3. The number of benzene rings is 1. The molecular formula is C12H13N3OS. The Balaban J connectivity index is 1.94. The molecule has 2 heterocycles. The first-order valence-corrected chi connectivity index (χ1v) is 6.68. The Bertz CT molecular complexity index is 499. The number of nitrogens with zero attached hydrogens (tertiary/aromatic N) is 1. The van der Waals surface area contributed by atoms with Gasteiger partial charge in [0.2, 0.25) is 5.91 Å². The van der Waals surface area contributed by atoms with Gasteiger partial charge >= 0.3 is 0 Å². The van der Waals surface area contributed by atoms with E-state index in [-0.39, 0.29) is 5.91 Å². The molecule has 0 saturated heterocycles. The molecule has 2 N–H and O–H groups in total. The van der Waals surface area contributed by atoms with Gasteiger partial charge in [0.15, 0.2) is 0 Å². The molecule has 0 unspecified atom stereocenters. The molecule has 0 aromatic heterocycles. The minimum atomic E-state index is 0.0726. The Labute approximate surface area is 104 Å². The molecule has 2 aliphatic rings. The zero-order valence-electron chi connectivity index (χ0n) is 9.32. The summed E-state index contributed by atoms with van der Waals surface area (Å²) in [5.74, 6) is 0.581. The van der Waals surface area contributed by atoms with Crippen molar-refractivity contribution in [2.45, 2.75) is 17.7 Å². The maximum Gasteiger partial charge on any atom is 0.234 e. The first-order valence-electron chi connectivity index (χ1n) is 5.69. The summed E-state index contributed by atoms with van der Waals surface area (Å²) in [6.07, 6.45) is 2.10. The molecule has 3 rings (SSSR count). The number of carbonyl (C=O) groups is 1. The van der Waals surface area contributed by atoms with Gasteiger partial charge in [0, 0.05) is 11.4 Å². The number of thioether (sulfide) groups is 1. The van der Waals surface area contributed by atoms with Gasteiger partial charge in [-0.05, 0) is 30.5 Å². The van der Waals surface area contributed by atoms with E-state index in [9.17, 15) is 4.79 Å². The van der Waals surface area contributed by atoms with Crippen molar-refractivity contribution in [3.63, 3.8) is 0 Å². The fourth-order valence-electron chi connectivity index (χ4n) is 2.01. The number of hydrazone groups is 1. The Morgan fingerprint density at radius 3 is 3.12 bits per heavy atom. The summed E-state index contributed by atoms with van der Waals surface area (Å²) in [5, 5.41) is 7.22. The van der Waals surface area contributed by atoms with Crippen LogP contribution in [-0.2, 0) is 4.79 Å². The van der Waals surface area contributed by atoms with Gasteiger partial charge in [0.1, 0.15) is 0 Å². The molecule has 1 aromatic rings. The van der Waals surface area contributed by atoms with Crippen LogP contribution in [0.3, 0.4) is 0 Å². The minimum Gasteiger partial charge on any atom is -0.324 e. The standard InChI is InChI=1S/C12H13N3OS/c16-12-7-17-11-4-3-8(6-10(11)14-12)9-2-1-5-13-15-9/h3-4,6,13H,1-2,5,7H2,(H,14,16). The number of nitrogens with one attached hydrogen (secondary N) is 2. The number of carbonyl (C=O) groups excluding carboxylic acids is 1. The van der Waals surface area contributed by atoms with Crippen LogP contribution in [0.2, 0.25) is 0 Å². The lowest BCUT2D eigenvalue weighted by molar-refractivity contribution is -0.113. The summed E-state index contributed by atoms with van der Waals surface area (Å²) >= 11 is 1.58. The number of anilines is 1. The van der Waals surface area contributed by atoms with Gasteiger partial charge in [-0.2, -0.15) is 5.10 Å². The van der Waals surface area contributed by atoms with Crippen LogP contribution < -0.4 is 10.7 Å². The predicted molar refractivity (Wildman–Crippen MR) is 69.6 cm³/mol. The van der Waals surface area contributed by atoms with Crippen molar-refractivity contribution < 1.29 is 4.79 Å². The van der Waals surface area contributed by atoms with E-state index in [2.05, 4.69) is 28.0 Å². The van der Waals surface area contributed by atoms with Crippen LogP contribution in [0.1, 0.15) is 18.4 Å². The maximum atomic E-state index is 11.3. The third kappa shape index (κ3) is 2.15. The highest BCUT2D eigenvalue weighted by molar-refractivity contribution is 8.00. The molecular weight excluding hydrogens is 234 g/mol. The number of hydrogen-bond donors (Lipinski definition) is 2. The molecule has 0 saturated carbocycles. The molecule has 0 bridgehead atoms. The third-order valence-corrected chi connectivity index (χ3v) is 3.94. The molecule has 2 aliphatic heterocycles. The molecule has 0 atom stereocenters. The van der Waals surface area contributed by atoms with E-state index in [4.69, 9.17) is 0 Å². The monoisotopic (exact) mass is 247 g/mol. The van der Waals surface area contributed by atoms with Crippen LogP contribution in [0.4, 0.5) is 5.69 Å². The van der Waals surface area contributed by atoms with Crippen LogP contribution in [0, 0.1) is 0 Å². The molecule has 5 heteroatoms. The lowest BCUT2D eigenvalue weighted by atomic mass is 10.0. The largest absolute Gasteiger partial charge is 0.324 e. The van der Waals surface area contributed by atoms with Gasteiger partial charge in [0.25, 0.3) is 0 Å². The van der Waals surface area contributed by atoms with Crippen molar-refractivity contribution in [3.8, 4) is 0 Å². The predicted octanol–water partition coefficient (Wildman–Crippen LogP) is 1.82. The van der Waals surface area contributed by atoms with Crippen LogP contribution in [-0.4, -0.2) is 23.9 Å². The average Bonchev–Trinajstić information content (AvgIpc) is 2.39. The fourth-order valence-corrected chi connectivity index (χ4v) is 2.80. The summed E-state index contributed by atoms with van der Waals surface area (Å²) in [4.78, 5) is 12.5. The SMILES string of the molecule is O=C1CSc2ccc(C3=NNCCC3)cc2N1. The van der Waals surface area contributed by atoms with Crippen molar-refractivity contribution in [1.82, 2.24) is 5.43 Å². The first kappa shape index (κ1) is 10.7. The van der Waals surface area contributed by atoms with E-state index in [1.807, 2.05) is 6.07 Å². The Morgan fingerprint density at radius 1 is 1.35 bits per heavy atom. The van der Waals surface area contributed by atoms with E-state index in [1.165, 1.54) is 0 Å². The number of fused-ring (bicyclic) bond motifs is 1. The van der Waals surface area contributed by atoms with Gasteiger partial charge < -0.3 is 10.7 Å². The van der Waals surface area contributed by atoms with Crippen molar-refractivity contribution >= 4 is 29.1 Å². The Morgan fingerprint density at radius 2 is 2.29 bits per heavy atom. The van der Waals surface area contributed by atoms with Crippen LogP contribution in [0.25, 0.3) is 0 Å². The quantitative estimate of drug-likeness (QED) is 0.796. The topological polar surface area (TPSA) is 53.5 Å². The lowest BCUT2D eigenvalue weighted by Crippen LogP contribution is -2.21. The van der Waals surface area contributed by atoms with E-state index < -0.39 is 0 Å². The van der Waals surface area contributed by atoms with Crippen molar-refractivity contribution in [3.05, 3.63) is 23.8 Å². The first-order chi connectivity index (χ1) is 8.33. The second-order valence-corrected chi connectivity index (χ2v) is 5.14. The van der Waals surface area contributed by atoms with Gasteiger partial charge in [0.05, 0.1) is 17.2 Å². The summed E-state index contributed by atoms with van der Waals surface area (Å²) < 4.78 is 0. The average molecular weight is 247 g/mol. The molecule has 4 nitrogen and oxygen atoms in total. The molecule has 0 aliphatic carbocycles. The highest BCUT2D eigenvalue weighted by atomic mass is 32.2.